The third kappa shape index (κ3) is 6.62. The number of phenols is 1. The molecule has 1 aliphatic heterocycles. The second-order valence-corrected chi connectivity index (χ2v) is 12.1. The number of amides is 2. The topological polar surface area (TPSA) is 150 Å². The fourth-order valence-electron chi connectivity index (χ4n) is 6.49. The number of carbonyl (C=O) groups excluding carboxylic acids is 2. The minimum Gasteiger partial charge on any atom is -0.507 e. The number of aliphatic hydroxyl groups excluding tert-OH is 2. The van der Waals surface area contributed by atoms with Crippen LogP contribution in [-0.4, -0.2) is 58.5 Å². The molecule has 2 amide bonds. The predicted octanol–water partition coefficient (Wildman–Crippen LogP) is 5.51. The Morgan fingerprint density at radius 3 is 2.56 bits per heavy atom. The lowest BCUT2D eigenvalue weighted by molar-refractivity contribution is -0.384. The van der Waals surface area contributed by atoms with Crippen LogP contribution in [0.5, 0.6) is 5.75 Å². The Bertz CT molecular complexity index is 1670. The summed E-state index contributed by atoms with van der Waals surface area (Å²) in [5, 5.41) is 44.2. The zero-order valence-electron chi connectivity index (χ0n) is 24.5. The van der Waals surface area contributed by atoms with E-state index in [-0.39, 0.29) is 36.6 Å². The first kappa shape index (κ1) is 32.2. The first-order chi connectivity index (χ1) is 21.6. The van der Waals surface area contributed by atoms with Crippen LogP contribution in [0.2, 0.25) is 0 Å². The summed E-state index contributed by atoms with van der Waals surface area (Å²) in [7, 11) is 1.49. The average Bonchev–Trinajstić information content (AvgIpc) is 3.29. The van der Waals surface area contributed by atoms with Crippen LogP contribution >= 0.6 is 15.9 Å². The molecule has 0 bridgehead atoms. The molecule has 11 heteroatoms. The summed E-state index contributed by atoms with van der Waals surface area (Å²) < 4.78 is 6.24. The fraction of sp³-hybridized carbons (Fsp3) is 0.294. The standard InChI is InChI=1S/C34H33BrN2O8/c1-45-19-23-16-27-32(34(42)36(33(27)41)25-8-5-9-26(17-25)37(43)44)28(18-38)31(23)30(40)12-10-21(20-6-3-2-4-7-20)14-22-15-24(35)11-13-29(22)39/h2-9,11,13-15,17,27-28,30,32,38-40H,10,12,16,18-19H2,1H3/b21-14-/t27-,28+,30-,32-/m1/s1. The highest BCUT2D eigenvalue weighted by molar-refractivity contribution is 9.10. The summed E-state index contributed by atoms with van der Waals surface area (Å²) in [5.74, 6) is -3.59. The Kier molecular flexibility index (Phi) is 9.93. The number of carbonyl (C=O) groups is 2. The van der Waals surface area contributed by atoms with E-state index >= 15 is 0 Å². The molecule has 5 rings (SSSR count). The summed E-state index contributed by atoms with van der Waals surface area (Å²) in [5.41, 5.74) is 3.31. The van der Waals surface area contributed by atoms with E-state index in [2.05, 4.69) is 15.9 Å². The number of methoxy groups -OCH3 is 1. The molecule has 10 nitrogen and oxygen atoms in total. The monoisotopic (exact) mass is 676 g/mol. The van der Waals surface area contributed by atoms with Crippen molar-refractivity contribution in [3.63, 3.8) is 0 Å². The molecule has 4 atom stereocenters. The molecule has 3 aromatic carbocycles. The van der Waals surface area contributed by atoms with E-state index < -0.39 is 47.2 Å². The lowest BCUT2D eigenvalue weighted by Gasteiger charge is -2.36. The van der Waals surface area contributed by atoms with E-state index in [1.54, 1.807) is 18.2 Å². The number of hydrogen-bond acceptors (Lipinski definition) is 8. The number of phenolic OH excluding ortho intramolecular Hbond substituents is 1. The van der Waals surface area contributed by atoms with Gasteiger partial charge in [0.2, 0.25) is 11.8 Å². The summed E-state index contributed by atoms with van der Waals surface area (Å²) >= 11 is 3.45. The smallest absolute Gasteiger partial charge is 0.271 e. The van der Waals surface area contributed by atoms with Crippen molar-refractivity contribution in [2.24, 2.45) is 17.8 Å². The number of benzene rings is 3. The van der Waals surface area contributed by atoms with Gasteiger partial charge in [-0.3, -0.25) is 19.7 Å². The number of hydrogen-bond donors (Lipinski definition) is 3. The Morgan fingerprint density at radius 2 is 1.87 bits per heavy atom. The third-order valence-electron chi connectivity index (χ3n) is 8.51. The third-order valence-corrected chi connectivity index (χ3v) is 9.00. The normalized spacial score (nSPS) is 20.8. The molecule has 0 saturated carbocycles. The second kappa shape index (κ2) is 13.9. The molecule has 1 fully saturated rings. The number of nitrogens with zero attached hydrogens (tertiary/aromatic N) is 2. The Morgan fingerprint density at radius 1 is 1.11 bits per heavy atom. The quantitative estimate of drug-likeness (QED) is 0.0792. The summed E-state index contributed by atoms with van der Waals surface area (Å²) in [6, 6.07) is 20.1. The number of anilines is 1. The van der Waals surface area contributed by atoms with Crippen molar-refractivity contribution in [3.8, 4) is 5.75 Å². The summed E-state index contributed by atoms with van der Waals surface area (Å²) in [4.78, 5) is 39.1. The van der Waals surface area contributed by atoms with E-state index in [1.165, 1.54) is 31.4 Å². The number of rotatable bonds is 11. The van der Waals surface area contributed by atoms with Gasteiger partial charge < -0.3 is 20.1 Å². The number of aliphatic hydroxyl groups is 2. The number of halogens is 1. The Hall–Kier alpha value is -4.16. The van der Waals surface area contributed by atoms with Crippen molar-refractivity contribution in [1.82, 2.24) is 0 Å². The van der Waals surface area contributed by atoms with Gasteiger partial charge in [0, 0.05) is 35.2 Å². The molecule has 0 spiro atoms. The van der Waals surface area contributed by atoms with Gasteiger partial charge in [0.1, 0.15) is 5.75 Å². The molecular weight excluding hydrogens is 644 g/mol. The minimum atomic E-state index is -1.08. The number of non-ortho nitro benzene ring substituents is 1. The molecule has 3 N–H and O–H groups in total. The molecule has 0 radical (unpaired) electrons. The number of ether oxygens (including phenoxy) is 1. The molecule has 234 valence electrons. The van der Waals surface area contributed by atoms with Gasteiger partial charge in [0.05, 0.1) is 41.8 Å². The first-order valence-corrected chi connectivity index (χ1v) is 15.3. The van der Waals surface area contributed by atoms with E-state index in [4.69, 9.17) is 4.74 Å². The number of fused-ring (bicyclic) bond motifs is 1. The van der Waals surface area contributed by atoms with Gasteiger partial charge in [-0.25, -0.2) is 4.90 Å². The van der Waals surface area contributed by atoms with Crippen LogP contribution in [0, 0.1) is 27.9 Å². The fourth-order valence-corrected chi connectivity index (χ4v) is 6.87. The van der Waals surface area contributed by atoms with E-state index in [0.717, 1.165) is 20.5 Å². The number of imide groups is 1. The molecule has 1 saturated heterocycles. The highest BCUT2D eigenvalue weighted by Gasteiger charge is 2.55. The zero-order valence-corrected chi connectivity index (χ0v) is 26.1. The maximum atomic E-state index is 13.8. The maximum Gasteiger partial charge on any atom is 0.271 e. The number of nitro groups is 1. The second-order valence-electron chi connectivity index (χ2n) is 11.2. The predicted molar refractivity (Wildman–Crippen MR) is 172 cm³/mol. The molecule has 3 aromatic rings. The maximum absolute atomic E-state index is 13.8. The lowest BCUT2D eigenvalue weighted by Crippen LogP contribution is -2.39. The summed E-state index contributed by atoms with van der Waals surface area (Å²) in [6.07, 6.45) is 1.54. The van der Waals surface area contributed by atoms with Gasteiger partial charge in [-0.2, -0.15) is 0 Å². The molecule has 1 heterocycles. The van der Waals surface area contributed by atoms with Crippen LogP contribution in [0.4, 0.5) is 11.4 Å². The molecule has 45 heavy (non-hydrogen) atoms. The van der Waals surface area contributed by atoms with Crippen molar-refractivity contribution < 1.29 is 34.6 Å². The van der Waals surface area contributed by atoms with E-state index in [1.807, 2.05) is 36.4 Å². The van der Waals surface area contributed by atoms with Crippen LogP contribution in [0.15, 0.2) is 88.4 Å². The van der Waals surface area contributed by atoms with Crippen LogP contribution < -0.4 is 4.90 Å². The number of nitro benzene ring substituents is 1. The SMILES string of the molecule is COCC1=C([C@H](O)CC/C(=C/c2cc(Br)ccc2O)c2ccccc2)[C@H](CO)[C@@H]2C(=O)N(c3cccc([N+](=O)[O-])c3)C(=O)[C@@H]2C1. The van der Waals surface area contributed by atoms with Crippen molar-refractivity contribution in [2.45, 2.75) is 25.4 Å². The van der Waals surface area contributed by atoms with Crippen LogP contribution in [0.25, 0.3) is 11.6 Å². The average molecular weight is 678 g/mol. The Balaban J connectivity index is 1.46. The van der Waals surface area contributed by atoms with Gasteiger partial charge in [0.25, 0.3) is 5.69 Å². The van der Waals surface area contributed by atoms with Crippen molar-refractivity contribution >= 4 is 50.8 Å². The lowest BCUT2D eigenvalue weighted by atomic mass is 9.68. The number of aromatic hydroxyl groups is 1. The molecule has 0 aromatic heterocycles. The van der Waals surface area contributed by atoms with Gasteiger partial charge in [-0.1, -0.05) is 52.3 Å². The van der Waals surface area contributed by atoms with E-state index in [9.17, 15) is 35.0 Å². The van der Waals surface area contributed by atoms with Crippen LogP contribution in [0.1, 0.15) is 30.4 Å². The van der Waals surface area contributed by atoms with Crippen molar-refractivity contribution in [2.75, 3.05) is 25.2 Å². The Labute approximate surface area is 268 Å². The largest absolute Gasteiger partial charge is 0.507 e. The van der Waals surface area contributed by atoms with Gasteiger partial charge in [0.15, 0.2) is 0 Å². The van der Waals surface area contributed by atoms with Crippen LogP contribution in [-0.2, 0) is 14.3 Å². The van der Waals surface area contributed by atoms with Crippen molar-refractivity contribution in [1.29, 1.82) is 0 Å². The molecule has 2 aliphatic rings. The molecule has 0 unspecified atom stereocenters. The summed E-state index contributed by atoms with van der Waals surface area (Å²) in [6.45, 7) is -0.395. The molecule has 1 aliphatic carbocycles. The van der Waals surface area contributed by atoms with E-state index in [0.29, 0.717) is 23.1 Å². The minimum absolute atomic E-state index is 0.0918. The van der Waals surface area contributed by atoms with Gasteiger partial charge >= 0.3 is 0 Å². The number of allylic oxidation sites excluding steroid dienone is 1. The van der Waals surface area contributed by atoms with Gasteiger partial charge in [-0.05, 0) is 71.9 Å². The first-order valence-electron chi connectivity index (χ1n) is 14.5. The van der Waals surface area contributed by atoms with Crippen LogP contribution in [0.3, 0.4) is 0 Å². The van der Waals surface area contributed by atoms with Gasteiger partial charge in [-0.15, -0.1) is 0 Å². The zero-order chi connectivity index (χ0) is 32.2. The highest BCUT2D eigenvalue weighted by atomic mass is 79.9. The molecular formula is C34H33BrN2O8. The highest BCUT2D eigenvalue weighted by Crippen LogP contribution is 2.47. The van der Waals surface area contributed by atoms with Crippen molar-refractivity contribution in [3.05, 3.63) is 110 Å².